The van der Waals surface area contributed by atoms with E-state index < -0.39 is 9.84 Å². The summed E-state index contributed by atoms with van der Waals surface area (Å²) in [4.78, 5) is 0.384. The highest BCUT2D eigenvalue weighted by atomic mass is 32.2. The van der Waals surface area contributed by atoms with E-state index in [4.69, 9.17) is 0 Å². The third-order valence-electron chi connectivity index (χ3n) is 2.49. The van der Waals surface area contributed by atoms with Gasteiger partial charge in [-0.2, -0.15) is 0 Å². The van der Waals surface area contributed by atoms with E-state index in [0.717, 1.165) is 10.8 Å². The molecule has 0 bridgehead atoms. The third-order valence-corrected chi connectivity index (χ3v) is 4.29. The lowest BCUT2D eigenvalue weighted by Gasteiger charge is -2.04. The Morgan fingerprint density at radius 2 is 1.69 bits per heavy atom. The summed E-state index contributed by atoms with van der Waals surface area (Å²) in [5.41, 5.74) is 0. The van der Waals surface area contributed by atoms with Gasteiger partial charge in [0.2, 0.25) is 0 Å². The van der Waals surface area contributed by atoms with Crippen LogP contribution in [0.3, 0.4) is 0 Å². The number of hydrogen-bond acceptors (Lipinski definition) is 2. The maximum Gasteiger partial charge on any atom is 0.178 e. The molecule has 83 valence electrons. The second kappa shape index (κ2) is 4.26. The van der Waals surface area contributed by atoms with Crippen molar-refractivity contribution in [3.8, 4) is 0 Å². The van der Waals surface area contributed by atoms with Crippen molar-refractivity contribution in [2.24, 2.45) is 0 Å². The first-order valence-electron chi connectivity index (χ1n) is 5.14. The molecule has 0 saturated heterocycles. The van der Waals surface area contributed by atoms with Crippen molar-refractivity contribution in [3.63, 3.8) is 0 Å². The zero-order valence-corrected chi connectivity index (χ0v) is 9.70. The summed E-state index contributed by atoms with van der Waals surface area (Å²) >= 11 is 0. The molecular weight excluding hydrogens is 220 g/mol. The minimum atomic E-state index is -3.16. The highest BCUT2D eigenvalue weighted by molar-refractivity contribution is 7.91. The first-order valence-corrected chi connectivity index (χ1v) is 6.79. The highest BCUT2D eigenvalue weighted by Crippen LogP contribution is 2.20. The van der Waals surface area contributed by atoms with Crippen LogP contribution in [0.5, 0.6) is 0 Å². The standard InChI is InChI=1S/C13H13O2S/c1-2-9-16(14,15)13-8-7-11-5-3-4-6-12(11)10-13/h3-8,10H,1-2,9H2. The van der Waals surface area contributed by atoms with Gasteiger partial charge in [0.25, 0.3) is 0 Å². The molecule has 0 amide bonds. The fourth-order valence-corrected chi connectivity index (χ4v) is 2.87. The van der Waals surface area contributed by atoms with Gasteiger partial charge in [0, 0.05) is 0 Å². The van der Waals surface area contributed by atoms with Gasteiger partial charge in [0.05, 0.1) is 10.6 Å². The van der Waals surface area contributed by atoms with Crippen LogP contribution in [0.4, 0.5) is 0 Å². The first kappa shape index (κ1) is 11.1. The predicted octanol–water partition coefficient (Wildman–Crippen LogP) is 2.84. The van der Waals surface area contributed by atoms with Gasteiger partial charge in [-0.05, 0) is 29.3 Å². The molecular formula is C13H13O2S. The summed E-state index contributed by atoms with van der Waals surface area (Å²) in [6.07, 6.45) is 0.398. The lowest BCUT2D eigenvalue weighted by atomic mass is 10.1. The quantitative estimate of drug-likeness (QED) is 0.817. The lowest BCUT2D eigenvalue weighted by Crippen LogP contribution is -2.05. The maximum absolute atomic E-state index is 11.8. The Balaban J connectivity index is 2.55. The molecule has 2 rings (SSSR count). The lowest BCUT2D eigenvalue weighted by molar-refractivity contribution is 0.596. The van der Waals surface area contributed by atoms with E-state index in [1.807, 2.05) is 30.3 Å². The molecule has 2 aromatic carbocycles. The Bertz CT molecular complexity index is 600. The van der Waals surface area contributed by atoms with Crippen molar-refractivity contribution in [3.05, 3.63) is 49.4 Å². The van der Waals surface area contributed by atoms with E-state index in [1.54, 1.807) is 12.1 Å². The fourth-order valence-electron chi connectivity index (χ4n) is 1.67. The van der Waals surface area contributed by atoms with Gasteiger partial charge < -0.3 is 0 Å². The van der Waals surface area contributed by atoms with Crippen LogP contribution in [0.1, 0.15) is 6.42 Å². The average molecular weight is 233 g/mol. The molecule has 0 aliphatic heterocycles. The molecule has 0 aliphatic carbocycles. The Labute approximate surface area is 95.8 Å². The zero-order chi connectivity index (χ0) is 11.6. The Morgan fingerprint density at radius 1 is 1.00 bits per heavy atom. The number of sulfone groups is 1. The fraction of sp³-hybridized carbons (Fsp3) is 0.154. The van der Waals surface area contributed by atoms with Crippen molar-refractivity contribution in [2.75, 3.05) is 5.75 Å². The molecule has 1 radical (unpaired) electrons. The largest absolute Gasteiger partial charge is 0.224 e. The van der Waals surface area contributed by atoms with Crippen LogP contribution in [0, 0.1) is 6.92 Å². The Hall–Kier alpha value is -1.35. The van der Waals surface area contributed by atoms with Gasteiger partial charge in [-0.3, -0.25) is 0 Å². The summed E-state index contributed by atoms with van der Waals surface area (Å²) < 4.78 is 23.7. The molecule has 0 saturated carbocycles. The predicted molar refractivity (Wildman–Crippen MR) is 66.0 cm³/mol. The molecule has 0 spiro atoms. The van der Waals surface area contributed by atoms with Crippen LogP contribution in [-0.4, -0.2) is 14.2 Å². The molecule has 0 heterocycles. The molecule has 0 fully saturated rings. The molecule has 0 unspecified atom stereocenters. The summed E-state index contributed by atoms with van der Waals surface area (Å²) in [5.74, 6) is 0.103. The second-order valence-corrected chi connectivity index (χ2v) is 5.79. The summed E-state index contributed by atoms with van der Waals surface area (Å²) in [6.45, 7) is 3.58. The van der Waals surface area contributed by atoms with E-state index in [-0.39, 0.29) is 5.75 Å². The molecule has 16 heavy (non-hydrogen) atoms. The van der Waals surface area contributed by atoms with Gasteiger partial charge in [-0.25, -0.2) is 8.42 Å². The molecule has 0 aliphatic rings. The van der Waals surface area contributed by atoms with Crippen LogP contribution in [0.2, 0.25) is 0 Å². The first-order chi connectivity index (χ1) is 7.63. The maximum atomic E-state index is 11.8. The van der Waals surface area contributed by atoms with Gasteiger partial charge in [0.15, 0.2) is 9.84 Å². The molecule has 2 nitrogen and oxygen atoms in total. The van der Waals surface area contributed by atoms with E-state index in [9.17, 15) is 8.42 Å². The Morgan fingerprint density at radius 3 is 2.38 bits per heavy atom. The van der Waals surface area contributed by atoms with Crippen LogP contribution in [0.25, 0.3) is 10.8 Å². The topological polar surface area (TPSA) is 34.1 Å². The van der Waals surface area contributed by atoms with E-state index in [1.165, 1.54) is 0 Å². The van der Waals surface area contributed by atoms with Crippen molar-refractivity contribution >= 4 is 20.6 Å². The average Bonchev–Trinajstić information content (AvgIpc) is 2.28. The Kier molecular flexibility index (Phi) is 2.97. The molecule has 0 aromatic heterocycles. The minimum Gasteiger partial charge on any atom is -0.224 e. The van der Waals surface area contributed by atoms with Crippen molar-refractivity contribution in [2.45, 2.75) is 11.3 Å². The monoisotopic (exact) mass is 233 g/mol. The number of hydrogen-bond donors (Lipinski definition) is 0. The third kappa shape index (κ3) is 2.09. The number of fused-ring (bicyclic) bond motifs is 1. The van der Waals surface area contributed by atoms with Crippen LogP contribution in [-0.2, 0) is 9.84 Å². The summed E-state index contributed by atoms with van der Waals surface area (Å²) in [6, 6.07) is 12.9. The van der Waals surface area contributed by atoms with E-state index in [0.29, 0.717) is 11.3 Å². The van der Waals surface area contributed by atoms with Gasteiger partial charge in [0.1, 0.15) is 0 Å². The SMILES string of the molecule is [CH2]CCS(=O)(=O)c1ccc2ccccc2c1. The zero-order valence-electron chi connectivity index (χ0n) is 8.89. The number of benzene rings is 2. The van der Waals surface area contributed by atoms with Crippen molar-refractivity contribution in [1.29, 1.82) is 0 Å². The van der Waals surface area contributed by atoms with Crippen molar-refractivity contribution in [1.82, 2.24) is 0 Å². The molecule has 0 N–H and O–H groups in total. The second-order valence-electron chi connectivity index (χ2n) is 3.68. The smallest absolute Gasteiger partial charge is 0.178 e. The van der Waals surface area contributed by atoms with Crippen molar-refractivity contribution < 1.29 is 8.42 Å². The number of rotatable bonds is 3. The van der Waals surface area contributed by atoms with Crippen LogP contribution < -0.4 is 0 Å². The normalized spacial score (nSPS) is 11.8. The van der Waals surface area contributed by atoms with Gasteiger partial charge in [-0.15, -0.1) is 0 Å². The van der Waals surface area contributed by atoms with Gasteiger partial charge >= 0.3 is 0 Å². The van der Waals surface area contributed by atoms with Crippen LogP contribution in [0.15, 0.2) is 47.4 Å². The van der Waals surface area contributed by atoms with E-state index >= 15 is 0 Å². The molecule has 2 aromatic rings. The summed E-state index contributed by atoms with van der Waals surface area (Å²) in [5, 5.41) is 2.00. The molecule has 0 atom stereocenters. The van der Waals surface area contributed by atoms with Gasteiger partial charge in [-0.1, -0.05) is 37.3 Å². The van der Waals surface area contributed by atoms with Crippen LogP contribution >= 0.6 is 0 Å². The summed E-state index contributed by atoms with van der Waals surface area (Å²) in [7, 11) is -3.16. The van der Waals surface area contributed by atoms with E-state index in [2.05, 4.69) is 6.92 Å². The molecule has 3 heteroatoms. The minimum absolute atomic E-state index is 0.103. The highest BCUT2D eigenvalue weighted by Gasteiger charge is 2.12.